The second-order valence-electron chi connectivity index (χ2n) is 9.95. The molecule has 0 aromatic heterocycles. The van der Waals surface area contributed by atoms with E-state index in [1.165, 1.54) is 0 Å². The SMILES string of the molecule is COc1ccc(CCN2C(=O)C3=C(C(=O)C4CC(Cl)C(C)CC4O3)C2c2ccc(OC)c(OC)c2)cc1. The quantitative estimate of drug-likeness (QED) is 0.487. The first-order chi connectivity index (χ1) is 17.9. The van der Waals surface area contributed by atoms with Gasteiger partial charge in [-0.1, -0.05) is 25.1 Å². The van der Waals surface area contributed by atoms with E-state index in [1.54, 1.807) is 32.3 Å². The minimum absolute atomic E-state index is 0.0381. The van der Waals surface area contributed by atoms with Gasteiger partial charge >= 0.3 is 0 Å². The molecule has 3 aliphatic rings. The van der Waals surface area contributed by atoms with Crippen LogP contribution in [-0.2, 0) is 20.7 Å². The molecule has 37 heavy (non-hydrogen) atoms. The average Bonchev–Trinajstić information content (AvgIpc) is 3.20. The van der Waals surface area contributed by atoms with E-state index in [9.17, 15) is 9.59 Å². The maximum Gasteiger partial charge on any atom is 0.290 e. The van der Waals surface area contributed by atoms with Crippen molar-refractivity contribution in [3.05, 3.63) is 64.9 Å². The van der Waals surface area contributed by atoms with Crippen LogP contribution in [0.1, 0.15) is 36.9 Å². The van der Waals surface area contributed by atoms with E-state index in [0.717, 1.165) is 16.9 Å². The Morgan fingerprint density at radius 2 is 1.70 bits per heavy atom. The molecule has 0 bridgehead atoms. The van der Waals surface area contributed by atoms with Crippen molar-refractivity contribution >= 4 is 23.3 Å². The number of fused-ring (bicyclic) bond motifs is 1. The summed E-state index contributed by atoms with van der Waals surface area (Å²) in [4.78, 5) is 29.5. The summed E-state index contributed by atoms with van der Waals surface area (Å²) in [6.07, 6.45) is 1.48. The number of carbonyl (C=O) groups is 2. The molecule has 1 aliphatic carbocycles. The van der Waals surface area contributed by atoms with E-state index in [0.29, 0.717) is 42.9 Å². The van der Waals surface area contributed by atoms with Gasteiger partial charge in [0.2, 0.25) is 0 Å². The summed E-state index contributed by atoms with van der Waals surface area (Å²) in [7, 11) is 4.77. The molecule has 196 valence electrons. The Bertz CT molecular complexity index is 1230. The van der Waals surface area contributed by atoms with Crippen molar-refractivity contribution < 1.29 is 28.5 Å². The number of nitrogens with zero attached hydrogens (tertiary/aromatic N) is 1. The van der Waals surface area contributed by atoms with Crippen molar-refractivity contribution in [1.82, 2.24) is 4.90 Å². The van der Waals surface area contributed by atoms with Crippen LogP contribution in [0.2, 0.25) is 0 Å². The van der Waals surface area contributed by atoms with Gasteiger partial charge in [-0.25, -0.2) is 0 Å². The van der Waals surface area contributed by atoms with Crippen molar-refractivity contribution in [2.45, 2.75) is 43.7 Å². The normalized spacial score (nSPS) is 26.9. The number of hydrogen-bond donors (Lipinski definition) is 0. The predicted molar refractivity (Wildman–Crippen MR) is 139 cm³/mol. The fourth-order valence-corrected chi connectivity index (χ4v) is 6.00. The van der Waals surface area contributed by atoms with Crippen molar-refractivity contribution in [3.8, 4) is 17.2 Å². The van der Waals surface area contributed by atoms with Gasteiger partial charge in [0.15, 0.2) is 23.0 Å². The molecule has 1 amide bonds. The van der Waals surface area contributed by atoms with E-state index in [2.05, 4.69) is 6.92 Å². The highest BCUT2D eigenvalue weighted by molar-refractivity contribution is 6.21. The smallest absolute Gasteiger partial charge is 0.290 e. The van der Waals surface area contributed by atoms with Crippen molar-refractivity contribution in [2.24, 2.45) is 11.8 Å². The lowest BCUT2D eigenvalue weighted by Crippen LogP contribution is -2.44. The van der Waals surface area contributed by atoms with Crippen LogP contribution in [0.15, 0.2) is 53.8 Å². The molecule has 0 N–H and O–H groups in total. The standard InChI is InChI=1S/C29H32ClNO6/c1-16-13-23-20(15-21(16)30)27(32)25-26(18-7-10-22(35-3)24(14-18)36-4)31(29(33)28(25)37-23)12-11-17-5-8-19(34-2)9-6-17/h5-10,14,16,20-21,23,26H,11-13,15H2,1-4H3. The first-order valence-corrected chi connectivity index (χ1v) is 13.0. The minimum atomic E-state index is -0.581. The maximum atomic E-state index is 13.9. The van der Waals surface area contributed by atoms with Gasteiger partial charge in [0, 0.05) is 11.9 Å². The van der Waals surface area contributed by atoms with Crippen LogP contribution in [0, 0.1) is 11.8 Å². The van der Waals surface area contributed by atoms with Gasteiger partial charge in [0.1, 0.15) is 11.9 Å². The lowest BCUT2D eigenvalue weighted by molar-refractivity contribution is -0.136. The van der Waals surface area contributed by atoms with Gasteiger partial charge < -0.3 is 23.8 Å². The molecule has 5 rings (SSSR count). The van der Waals surface area contributed by atoms with Crippen LogP contribution in [0.25, 0.3) is 0 Å². The Labute approximate surface area is 222 Å². The number of Topliss-reactive ketones (excluding diaryl/α,β-unsaturated/α-hetero) is 1. The number of rotatable bonds is 7. The highest BCUT2D eigenvalue weighted by Crippen LogP contribution is 2.49. The fourth-order valence-electron chi connectivity index (χ4n) is 5.71. The Morgan fingerprint density at radius 3 is 2.38 bits per heavy atom. The first kappa shape index (κ1) is 25.5. The highest BCUT2D eigenvalue weighted by Gasteiger charge is 2.53. The molecule has 2 aromatic carbocycles. The third-order valence-electron chi connectivity index (χ3n) is 7.83. The van der Waals surface area contributed by atoms with Crippen LogP contribution in [0.4, 0.5) is 0 Å². The summed E-state index contributed by atoms with van der Waals surface area (Å²) in [5.74, 6) is 1.63. The van der Waals surface area contributed by atoms with Gasteiger partial charge in [0.25, 0.3) is 5.91 Å². The Balaban J connectivity index is 1.52. The molecule has 1 fully saturated rings. The zero-order valence-electron chi connectivity index (χ0n) is 21.5. The van der Waals surface area contributed by atoms with Crippen LogP contribution >= 0.6 is 11.6 Å². The monoisotopic (exact) mass is 525 g/mol. The molecular formula is C29H32ClNO6. The molecule has 0 radical (unpaired) electrons. The zero-order chi connectivity index (χ0) is 26.3. The van der Waals surface area contributed by atoms with Gasteiger partial charge in [0.05, 0.1) is 38.9 Å². The van der Waals surface area contributed by atoms with E-state index in [4.69, 9.17) is 30.5 Å². The molecule has 2 heterocycles. The molecule has 2 aliphatic heterocycles. The van der Waals surface area contributed by atoms with E-state index in [-0.39, 0.29) is 40.8 Å². The molecule has 5 atom stereocenters. The highest BCUT2D eigenvalue weighted by atomic mass is 35.5. The first-order valence-electron chi connectivity index (χ1n) is 12.6. The largest absolute Gasteiger partial charge is 0.497 e. The molecule has 0 saturated heterocycles. The average molecular weight is 526 g/mol. The molecule has 1 saturated carbocycles. The Hall–Kier alpha value is -3.19. The Morgan fingerprint density at radius 1 is 0.973 bits per heavy atom. The van der Waals surface area contributed by atoms with Gasteiger partial charge in [-0.15, -0.1) is 11.6 Å². The number of ether oxygens (including phenoxy) is 4. The fraction of sp³-hybridized carbons (Fsp3) is 0.448. The Kier molecular flexibility index (Phi) is 7.08. The van der Waals surface area contributed by atoms with Gasteiger partial charge in [-0.3, -0.25) is 9.59 Å². The topological polar surface area (TPSA) is 74.3 Å². The molecule has 8 heteroatoms. The van der Waals surface area contributed by atoms with E-state index < -0.39 is 6.04 Å². The summed E-state index contributed by atoms with van der Waals surface area (Å²) in [6.45, 7) is 2.48. The number of ketones is 1. The van der Waals surface area contributed by atoms with Crippen molar-refractivity contribution in [3.63, 3.8) is 0 Å². The molecule has 7 nitrogen and oxygen atoms in total. The molecular weight excluding hydrogens is 494 g/mol. The number of alkyl halides is 1. The summed E-state index contributed by atoms with van der Waals surface area (Å²) < 4.78 is 22.5. The van der Waals surface area contributed by atoms with Crippen LogP contribution in [0.5, 0.6) is 17.2 Å². The lowest BCUT2D eigenvalue weighted by atomic mass is 9.74. The predicted octanol–water partition coefficient (Wildman–Crippen LogP) is 4.71. The van der Waals surface area contributed by atoms with Crippen LogP contribution < -0.4 is 14.2 Å². The van der Waals surface area contributed by atoms with E-state index in [1.807, 2.05) is 36.4 Å². The number of hydrogen-bond acceptors (Lipinski definition) is 6. The third kappa shape index (κ3) is 4.54. The minimum Gasteiger partial charge on any atom is -0.497 e. The second kappa shape index (κ2) is 10.3. The van der Waals surface area contributed by atoms with Crippen LogP contribution in [0.3, 0.4) is 0 Å². The van der Waals surface area contributed by atoms with Crippen molar-refractivity contribution in [2.75, 3.05) is 27.9 Å². The molecule has 2 aromatic rings. The summed E-state index contributed by atoms with van der Waals surface area (Å²) in [5.41, 5.74) is 2.25. The summed E-state index contributed by atoms with van der Waals surface area (Å²) in [6, 6.07) is 12.7. The lowest BCUT2D eigenvalue weighted by Gasteiger charge is -2.40. The van der Waals surface area contributed by atoms with Gasteiger partial charge in [-0.05, 0) is 60.6 Å². The molecule has 0 spiro atoms. The van der Waals surface area contributed by atoms with Crippen LogP contribution in [-0.4, -0.2) is 55.9 Å². The number of methoxy groups -OCH3 is 3. The molecule has 5 unspecified atom stereocenters. The number of halogens is 1. The maximum absolute atomic E-state index is 13.9. The van der Waals surface area contributed by atoms with E-state index >= 15 is 0 Å². The second-order valence-corrected chi connectivity index (χ2v) is 10.5. The zero-order valence-corrected chi connectivity index (χ0v) is 22.3. The summed E-state index contributed by atoms with van der Waals surface area (Å²) >= 11 is 6.58. The third-order valence-corrected chi connectivity index (χ3v) is 8.44. The van der Waals surface area contributed by atoms with Crippen molar-refractivity contribution in [1.29, 1.82) is 0 Å². The number of carbonyl (C=O) groups excluding carboxylic acids is 2. The summed E-state index contributed by atoms with van der Waals surface area (Å²) in [5, 5.41) is -0.0984. The number of amides is 1. The number of benzene rings is 2. The van der Waals surface area contributed by atoms with Gasteiger partial charge in [-0.2, -0.15) is 0 Å².